The van der Waals surface area contributed by atoms with E-state index in [0.717, 1.165) is 39.1 Å². The minimum absolute atomic E-state index is 0.652. The highest BCUT2D eigenvalue weighted by molar-refractivity contribution is 9.09. The van der Waals surface area contributed by atoms with Gasteiger partial charge in [0.2, 0.25) is 0 Å². The van der Waals surface area contributed by atoms with Crippen molar-refractivity contribution in [2.45, 2.75) is 32.6 Å². The lowest BCUT2D eigenvalue weighted by Crippen LogP contribution is -1.97. The maximum Gasteiger partial charge on any atom is 0.101 e. The number of ether oxygens (including phenoxy) is 2. The highest BCUT2D eigenvalue weighted by Gasteiger charge is 1.89. The Balaban J connectivity index is 2.73. The van der Waals surface area contributed by atoms with Crippen LogP contribution in [0.5, 0.6) is 0 Å². The Morgan fingerprint density at radius 3 is 2.17 bits per heavy atom. The second-order valence-electron chi connectivity index (χ2n) is 2.69. The van der Waals surface area contributed by atoms with Gasteiger partial charge in [-0.05, 0) is 25.7 Å². The van der Waals surface area contributed by atoms with E-state index in [0.29, 0.717) is 5.52 Å². The topological polar surface area (TPSA) is 18.5 Å². The summed E-state index contributed by atoms with van der Waals surface area (Å²) < 4.78 is 10.5. The van der Waals surface area contributed by atoms with E-state index in [2.05, 4.69) is 22.9 Å². The fraction of sp³-hybridized carbons (Fsp3) is 1.00. The van der Waals surface area contributed by atoms with E-state index in [1.807, 2.05) is 0 Å². The Labute approximate surface area is 83.8 Å². The number of hydrogen-bond donors (Lipinski definition) is 0. The summed E-state index contributed by atoms with van der Waals surface area (Å²) in [5.41, 5.74) is 0.652. The molecule has 74 valence electrons. The van der Waals surface area contributed by atoms with Crippen LogP contribution >= 0.6 is 15.9 Å². The molecule has 0 atom stereocenters. The van der Waals surface area contributed by atoms with Gasteiger partial charge in [0.15, 0.2) is 0 Å². The van der Waals surface area contributed by atoms with Gasteiger partial charge in [-0.2, -0.15) is 0 Å². The van der Waals surface area contributed by atoms with Crippen LogP contribution in [0.15, 0.2) is 0 Å². The lowest BCUT2D eigenvalue weighted by atomic mass is 10.2. The Hall–Kier alpha value is 0.400. The lowest BCUT2D eigenvalue weighted by molar-refractivity contribution is 0.126. The monoisotopic (exact) mass is 238 g/mol. The normalized spacial score (nSPS) is 10.5. The number of halogens is 1. The van der Waals surface area contributed by atoms with Crippen LogP contribution in [-0.2, 0) is 9.47 Å². The van der Waals surface area contributed by atoms with Gasteiger partial charge < -0.3 is 9.47 Å². The molecule has 0 fully saturated rings. The van der Waals surface area contributed by atoms with Gasteiger partial charge in [-0.15, -0.1) is 0 Å². The molecule has 0 spiro atoms. The maximum atomic E-state index is 5.34. The number of alkyl halides is 1. The Morgan fingerprint density at radius 1 is 0.917 bits per heavy atom. The van der Waals surface area contributed by atoms with E-state index in [9.17, 15) is 0 Å². The average molecular weight is 239 g/mol. The summed E-state index contributed by atoms with van der Waals surface area (Å²) in [6.45, 7) is 4.79. The summed E-state index contributed by atoms with van der Waals surface area (Å²) in [4.78, 5) is 0. The van der Waals surface area contributed by atoms with E-state index in [4.69, 9.17) is 9.47 Å². The molecule has 0 amide bonds. The number of rotatable bonds is 9. The molecule has 0 aliphatic heterocycles. The summed E-state index contributed by atoms with van der Waals surface area (Å²) in [5, 5.41) is 0. The van der Waals surface area contributed by atoms with Gasteiger partial charge in [-0.25, -0.2) is 0 Å². The van der Waals surface area contributed by atoms with Gasteiger partial charge in [-0.1, -0.05) is 22.9 Å². The molecule has 0 unspecified atom stereocenters. The molecule has 12 heavy (non-hydrogen) atoms. The maximum absolute atomic E-state index is 5.34. The number of unbranched alkanes of at least 4 members (excludes halogenated alkanes) is 2. The zero-order valence-electron chi connectivity index (χ0n) is 7.85. The lowest BCUT2D eigenvalue weighted by Gasteiger charge is -2.02. The summed E-state index contributed by atoms with van der Waals surface area (Å²) in [6.07, 6.45) is 4.62. The minimum atomic E-state index is 0.652. The van der Waals surface area contributed by atoms with Crippen molar-refractivity contribution in [1.29, 1.82) is 0 Å². The van der Waals surface area contributed by atoms with Crippen LogP contribution in [0.3, 0.4) is 0 Å². The van der Waals surface area contributed by atoms with Crippen molar-refractivity contribution in [2.24, 2.45) is 0 Å². The molecule has 0 aliphatic carbocycles. The molecule has 0 aromatic rings. The molecule has 0 bridgehead atoms. The average Bonchev–Trinajstić information content (AvgIpc) is 2.10. The van der Waals surface area contributed by atoms with Crippen LogP contribution in [0.25, 0.3) is 0 Å². The van der Waals surface area contributed by atoms with Crippen LogP contribution in [0.1, 0.15) is 32.6 Å². The van der Waals surface area contributed by atoms with Gasteiger partial charge in [0.05, 0.1) is 0 Å². The first-order valence-electron chi connectivity index (χ1n) is 4.63. The van der Waals surface area contributed by atoms with E-state index in [-0.39, 0.29) is 0 Å². The van der Waals surface area contributed by atoms with Gasteiger partial charge in [0.1, 0.15) is 5.52 Å². The van der Waals surface area contributed by atoms with Gasteiger partial charge in [0, 0.05) is 19.8 Å². The van der Waals surface area contributed by atoms with E-state index in [1.165, 1.54) is 6.42 Å². The number of hydrogen-bond acceptors (Lipinski definition) is 2. The molecule has 0 aromatic heterocycles. The largest absolute Gasteiger partial charge is 0.381 e. The standard InChI is InChI=1S/C9H19BrO2/c1-2-6-11-7-4-3-5-8-12-9-10/h2-9H2,1H3. The molecule has 0 saturated heterocycles. The third kappa shape index (κ3) is 10.4. The zero-order valence-corrected chi connectivity index (χ0v) is 9.44. The van der Waals surface area contributed by atoms with Crippen molar-refractivity contribution >= 4 is 15.9 Å². The van der Waals surface area contributed by atoms with Crippen molar-refractivity contribution in [3.63, 3.8) is 0 Å². The summed E-state index contributed by atoms with van der Waals surface area (Å²) in [7, 11) is 0. The van der Waals surface area contributed by atoms with Crippen LogP contribution in [0.4, 0.5) is 0 Å². The molecule has 0 aromatic carbocycles. The zero-order chi connectivity index (χ0) is 9.07. The summed E-state index contributed by atoms with van der Waals surface area (Å²) >= 11 is 3.21. The van der Waals surface area contributed by atoms with Crippen LogP contribution in [0.2, 0.25) is 0 Å². The fourth-order valence-corrected chi connectivity index (χ4v) is 1.11. The van der Waals surface area contributed by atoms with Crippen molar-refractivity contribution in [2.75, 3.05) is 25.3 Å². The van der Waals surface area contributed by atoms with Crippen LogP contribution < -0.4 is 0 Å². The Kier molecular flexibility index (Phi) is 11.8. The second kappa shape index (κ2) is 11.4. The van der Waals surface area contributed by atoms with Gasteiger partial charge >= 0.3 is 0 Å². The van der Waals surface area contributed by atoms with Crippen molar-refractivity contribution in [1.82, 2.24) is 0 Å². The Morgan fingerprint density at radius 2 is 1.58 bits per heavy atom. The highest BCUT2D eigenvalue weighted by atomic mass is 79.9. The molecule has 0 N–H and O–H groups in total. The third-order valence-electron chi connectivity index (χ3n) is 1.50. The molecule has 3 heteroatoms. The third-order valence-corrected chi connectivity index (χ3v) is 1.83. The second-order valence-corrected chi connectivity index (χ2v) is 3.15. The first kappa shape index (κ1) is 12.4. The van der Waals surface area contributed by atoms with E-state index >= 15 is 0 Å². The smallest absolute Gasteiger partial charge is 0.101 e. The Bertz CT molecular complexity index is 68.9. The van der Waals surface area contributed by atoms with Crippen LogP contribution in [-0.4, -0.2) is 25.3 Å². The molecular weight excluding hydrogens is 220 g/mol. The molecule has 2 nitrogen and oxygen atoms in total. The molecule has 0 heterocycles. The molecular formula is C9H19BrO2. The van der Waals surface area contributed by atoms with Crippen molar-refractivity contribution < 1.29 is 9.47 Å². The van der Waals surface area contributed by atoms with E-state index < -0.39 is 0 Å². The quantitative estimate of drug-likeness (QED) is 0.455. The highest BCUT2D eigenvalue weighted by Crippen LogP contribution is 1.97. The molecule has 0 radical (unpaired) electrons. The fourth-order valence-electron chi connectivity index (χ4n) is 0.886. The predicted molar refractivity (Wildman–Crippen MR) is 54.7 cm³/mol. The van der Waals surface area contributed by atoms with Crippen molar-refractivity contribution in [3.8, 4) is 0 Å². The first-order valence-corrected chi connectivity index (χ1v) is 5.75. The van der Waals surface area contributed by atoms with E-state index in [1.54, 1.807) is 0 Å². The predicted octanol–water partition coefficient (Wildman–Crippen LogP) is 2.95. The van der Waals surface area contributed by atoms with Gasteiger partial charge in [-0.3, -0.25) is 0 Å². The minimum Gasteiger partial charge on any atom is -0.381 e. The summed E-state index contributed by atoms with van der Waals surface area (Å²) in [5.74, 6) is 0. The molecule has 0 rings (SSSR count). The first-order chi connectivity index (χ1) is 5.91. The SMILES string of the molecule is CCCOCCCCCOCBr. The molecule has 0 aliphatic rings. The summed E-state index contributed by atoms with van der Waals surface area (Å²) in [6, 6.07) is 0. The van der Waals surface area contributed by atoms with Gasteiger partial charge in [0.25, 0.3) is 0 Å². The molecule has 0 saturated carbocycles. The van der Waals surface area contributed by atoms with Crippen LogP contribution in [0, 0.1) is 0 Å². The van der Waals surface area contributed by atoms with Crippen molar-refractivity contribution in [3.05, 3.63) is 0 Å².